The maximum Gasteiger partial charge on any atom is 0.253 e. The van der Waals surface area contributed by atoms with E-state index in [1.807, 2.05) is 38.2 Å². The Morgan fingerprint density at radius 3 is 2.50 bits per heavy atom. The zero-order chi connectivity index (χ0) is 13.5. The second-order valence-electron chi connectivity index (χ2n) is 4.48. The van der Waals surface area contributed by atoms with Crippen LogP contribution in [0.2, 0.25) is 0 Å². The van der Waals surface area contributed by atoms with Gasteiger partial charge in [-0.1, -0.05) is 13.8 Å². The smallest absolute Gasteiger partial charge is 0.253 e. The van der Waals surface area contributed by atoms with Gasteiger partial charge in [-0.2, -0.15) is 0 Å². The molecule has 2 N–H and O–H groups in total. The van der Waals surface area contributed by atoms with Crippen LogP contribution in [0.4, 0.5) is 0 Å². The molecule has 1 atom stereocenters. The minimum absolute atomic E-state index is 0.0587. The summed E-state index contributed by atoms with van der Waals surface area (Å²) < 4.78 is 0. The van der Waals surface area contributed by atoms with Gasteiger partial charge in [0.25, 0.3) is 5.91 Å². The van der Waals surface area contributed by atoms with E-state index in [9.17, 15) is 4.79 Å². The summed E-state index contributed by atoms with van der Waals surface area (Å²) in [5, 5.41) is 0. The highest BCUT2D eigenvalue weighted by molar-refractivity contribution is 7.99. The van der Waals surface area contributed by atoms with Gasteiger partial charge < -0.3 is 10.6 Å². The van der Waals surface area contributed by atoms with Gasteiger partial charge in [-0.25, -0.2) is 0 Å². The standard InChI is InChI=1S/C14H22N2OS/c1-4-18-13-7-5-12(6-8-13)14(17)16(3)10-11(2)9-15/h5-8,11H,4,9-10,15H2,1-3H3. The van der Waals surface area contributed by atoms with Gasteiger partial charge in [0, 0.05) is 24.1 Å². The molecule has 1 aromatic rings. The highest BCUT2D eigenvalue weighted by atomic mass is 32.2. The van der Waals surface area contributed by atoms with E-state index in [2.05, 4.69) is 6.92 Å². The number of hydrogen-bond donors (Lipinski definition) is 1. The first-order valence-corrected chi connectivity index (χ1v) is 7.25. The predicted molar refractivity (Wildman–Crippen MR) is 78.0 cm³/mol. The van der Waals surface area contributed by atoms with Crippen LogP contribution in [0.25, 0.3) is 0 Å². The van der Waals surface area contributed by atoms with Crippen LogP contribution in [0, 0.1) is 5.92 Å². The van der Waals surface area contributed by atoms with Gasteiger partial charge in [0.2, 0.25) is 0 Å². The molecule has 3 nitrogen and oxygen atoms in total. The lowest BCUT2D eigenvalue weighted by Gasteiger charge is -2.20. The molecular formula is C14H22N2OS. The number of benzene rings is 1. The molecule has 0 aliphatic carbocycles. The van der Waals surface area contributed by atoms with Crippen LogP contribution >= 0.6 is 11.8 Å². The molecule has 0 aliphatic heterocycles. The van der Waals surface area contributed by atoms with E-state index in [1.165, 1.54) is 4.90 Å². The first kappa shape index (κ1) is 15.1. The van der Waals surface area contributed by atoms with Crippen LogP contribution in [-0.4, -0.2) is 36.7 Å². The maximum absolute atomic E-state index is 12.1. The van der Waals surface area contributed by atoms with Gasteiger partial charge >= 0.3 is 0 Å². The Morgan fingerprint density at radius 2 is 2.00 bits per heavy atom. The molecule has 1 amide bonds. The Labute approximate surface area is 114 Å². The second-order valence-corrected chi connectivity index (χ2v) is 5.82. The molecule has 1 rings (SSSR count). The van der Waals surface area contributed by atoms with E-state index in [1.54, 1.807) is 16.7 Å². The molecule has 0 bridgehead atoms. The molecule has 0 aromatic heterocycles. The summed E-state index contributed by atoms with van der Waals surface area (Å²) in [5.74, 6) is 1.43. The lowest BCUT2D eigenvalue weighted by Crippen LogP contribution is -2.33. The fourth-order valence-electron chi connectivity index (χ4n) is 1.71. The lowest BCUT2D eigenvalue weighted by atomic mass is 10.1. The zero-order valence-electron chi connectivity index (χ0n) is 11.3. The van der Waals surface area contributed by atoms with Gasteiger partial charge in [0.15, 0.2) is 0 Å². The Bertz CT molecular complexity index is 378. The fourth-order valence-corrected chi connectivity index (χ4v) is 2.37. The molecule has 4 heteroatoms. The molecule has 1 aromatic carbocycles. The van der Waals surface area contributed by atoms with Gasteiger partial charge in [-0.3, -0.25) is 4.79 Å². The average Bonchev–Trinajstić information content (AvgIpc) is 2.39. The SMILES string of the molecule is CCSc1ccc(C(=O)N(C)CC(C)CN)cc1. The van der Waals surface area contributed by atoms with E-state index in [0.29, 0.717) is 19.0 Å². The highest BCUT2D eigenvalue weighted by Gasteiger charge is 2.13. The molecule has 0 saturated carbocycles. The number of nitrogens with zero attached hydrogens (tertiary/aromatic N) is 1. The monoisotopic (exact) mass is 266 g/mol. The topological polar surface area (TPSA) is 46.3 Å². The van der Waals surface area contributed by atoms with Crippen molar-refractivity contribution < 1.29 is 4.79 Å². The van der Waals surface area contributed by atoms with Crippen molar-refractivity contribution in [3.63, 3.8) is 0 Å². The predicted octanol–water partition coefficient (Wildman–Crippen LogP) is 2.47. The summed E-state index contributed by atoms with van der Waals surface area (Å²) in [6, 6.07) is 7.79. The fraction of sp³-hybridized carbons (Fsp3) is 0.500. The minimum Gasteiger partial charge on any atom is -0.341 e. The molecule has 0 spiro atoms. The largest absolute Gasteiger partial charge is 0.341 e. The molecule has 100 valence electrons. The van der Waals surface area contributed by atoms with Crippen molar-refractivity contribution in [1.82, 2.24) is 4.90 Å². The van der Waals surface area contributed by atoms with Gasteiger partial charge in [0.1, 0.15) is 0 Å². The third-order valence-electron chi connectivity index (χ3n) is 2.75. The molecule has 0 aliphatic rings. The summed E-state index contributed by atoms with van der Waals surface area (Å²) >= 11 is 1.78. The number of amides is 1. The van der Waals surface area contributed by atoms with Gasteiger partial charge in [0.05, 0.1) is 0 Å². The maximum atomic E-state index is 12.1. The van der Waals surface area contributed by atoms with Crippen molar-refractivity contribution in [2.24, 2.45) is 11.7 Å². The highest BCUT2D eigenvalue weighted by Crippen LogP contribution is 2.18. The molecule has 0 heterocycles. The van der Waals surface area contributed by atoms with Crippen molar-refractivity contribution in [2.45, 2.75) is 18.7 Å². The van der Waals surface area contributed by atoms with Crippen molar-refractivity contribution in [3.8, 4) is 0 Å². The van der Waals surface area contributed by atoms with Crippen molar-refractivity contribution in [3.05, 3.63) is 29.8 Å². The minimum atomic E-state index is 0.0587. The molecule has 0 radical (unpaired) electrons. The first-order chi connectivity index (χ1) is 8.58. The Balaban J connectivity index is 2.65. The Morgan fingerprint density at radius 1 is 1.39 bits per heavy atom. The van der Waals surface area contributed by atoms with Crippen LogP contribution in [-0.2, 0) is 0 Å². The lowest BCUT2D eigenvalue weighted by molar-refractivity contribution is 0.0777. The van der Waals surface area contributed by atoms with Gasteiger partial charge in [-0.05, 0) is 42.5 Å². The molecule has 18 heavy (non-hydrogen) atoms. The Hall–Kier alpha value is -1.00. The summed E-state index contributed by atoms with van der Waals surface area (Å²) in [4.78, 5) is 15.1. The summed E-state index contributed by atoms with van der Waals surface area (Å²) in [6.07, 6.45) is 0. The number of hydrogen-bond acceptors (Lipinski definition) is 3. The van der Waals surface area contributed by atoms with Crippen LogP contribution in [0.15, 0.2) is 29.2 Å². The number of carbonyl (C=O) groups is 1. The second kappa shape index (κ2) is 7.44. The third kappa shape index (κ3) is 4.35. The number of nitrogens with two attached hydrogens (primary N) is 1. The van der Waals surface area contributed by atoms with Crippen LogP contribution < -0.4 is 5.73 Å². The molecule has 0 saturated heterocycles. The van der Waals surface area contributed by atoms with E-state index in [0.717, 1.165) is 11.3 Å². The van der Waals surface area contributed by atoms with Crippen molar-refractivity contribution >= 4 is 17.7 Å². The Kier molecular flexibility index (Phi) is 6.22. The number of carbonyl (C=O) groups excluding carboxylic acids is 1. The van der Waals surface area contributed by atoms with E-state index in [4.69, 9.17) is 5.73 Å². The summed E-state index contributed by atoms with van der Waals surface area (Å²) in [5.41, 5.74) is 6.31. The van der Waals surface area contributed by atoms with E-state index >= 15 is 0 Å². The zero-order valence-corrected chi connectivity index (χ0v) is 12.2. The summed E-state index contributed by atoms with van der Waals surface area (Å²) in [6.45, 7) is 5.46. The normalized spacial score (nSPS) is 12.2. The first-order valence-electron chi connectivity index (χ1n) is 6.26. The van der Waals surface area contributed by atoms with Crippen LogP contribution in [0.1, 0.15) is 24.2 Å². The third-order valence-corrected chi connectivity index (χ3v) is 3.64. The van der Waals surface area contributed by atoms with Crippen LogP contribution in [0.5, 0.6) is 0 Å². The van der Waals surface area contributed by atoms with Crippen molar-refractivity contribution in [2.75, 3.05) is 25.9 Å². The number of thioether (sulfide) groups is 1. The molecule has 0 fully saturated rings. The van der Waals surface area contributed by atoms with E-state index < -0.39 is 0 Å². The molecule has 1 unspecified atom stereocenters. The van der Waals surface area contributed by atoms with E-state index in [-0.39, 0.29) is 5.91 Å². The average molecular weight is 266 g/mol. The van der Waals surface area contributed by atoms with Crippen LogP contribution in [0.3, 0.4) is 0 Å². The van der Waals surface area contributed by atoms with Crippen molar-refractivity contribution in [1.29, 1.82) is 0 Å². The number of rotatable bonds is 6. The quantitative estimate of drug-likeness (QED) is 0.805. The van der Waals surface area contributed by atoms with Gasteiger partial charge in [-0.15, -0.1) is 11.8 Å². The summed E-state index contributed by atoms with van der Waals surface area (Å²) in [7, 11) is 1.82. The molecular weight excluding hydrogens is 244 g/mol.